The van der Waals surface area contributed by atoms with Gasteiger partial charge < -0.3 is 15.2 Å². The molecule has 0 bridgehead atoms. The maximum atomic E-state index is 13.7. The van der Waals surface area contributed by atoms with Gasteiger partial charge >= 0.3 is 0 Å². The highest BCUT2D eigenvalue weighted by Crippen LogP contribution is 2.36. The van der Waals surface area contributed by atoms with E-state index in [0.29, 0.717) is 43.8 Å². The molecule has 2 N–H and O–H groups in total. The molecule has 0 saturated carbocycles. The molecule has 3 heterocycles. The third kappa shape index (κ3) is 5.27. The molecule has 1 amide bonds. The normalized spacial score (nSPS) is 14.3. The second-order valence-electron chi connectivity index (χ2n) is 9.00. The number of amides is 1. The van der Waals surface area contributed by atoms with E-state index in [0.717, 1.165) is 49.0 Å². The number of carbonyl (C=O) groups is 1. The van der Waals surface area contributed by atoms with Gasteiger partial charge in [-0.25, -0.2) is 9.37 Å². The van der Waals surface area contributed by atoms with Crippen LogP contribution in [0.4, 0.5) is 4.39 Å². The number of aromatic nitrogens is 2. The molecule has 0 radical (unpaired) electrons. The molecule has 0 atom stereocenters. The number of rotatable bonds is 10. The Balaban J connectivity index is 1.96. The SMILES string of the molecule is CCCCCc1c(-c2ccc(F)cc2)cnc2c1c(OC)c(C(N)=O)c(=O)n2CCN1CCOCC1. The Morgan fingerprint density at radius 3 is 2.53 bits per heavy atom. The molecule has 0 aliphatic carbocycles. The zero-order valence-corrected chi connectivity index (χ0v) is 20.9. The largest absolute Gasteiger partial charge is 0.495 e. The average Bonchev–Trinajstić information content (AvgIpc) is 2.88. The van der Waals surface area contributed by atoms with Gasteiger partial charge in [0.25, 0.3) is 11.5 Å². The van der Waals surface area contributed by atoms with Gasteiger partial charge in [0, 0.05) is 37.9 Å². The van der Waals surface area contributed by atoms with Crippen LogP contribution in [0.1, 0.15) is 42.1 Å². The number of halogens is 1. The molecule has 0 unspecified atom stereocenters. The number of unbranched alkanes of at least 4 members (excludes halogenated alkanes) is 2. The van der Waals surface area contributed by atoms with Gasteiger partial charge in [-0.2, -0.15) is 0 Å². The van der Waals surface area contributed by atoms with Crippen LogP contribution in [0.5, 0.6) is 5.75 Å². The van der Waals surface area contributed by atoms with E-state index < -0.39 is 11.5 Å². The molecule has 1 aliphatic rings. The Morgan fingerprint density at radius 1 is 1.17 bits per heavy atom. The van der Waals surface area contributed by atoms with Crippen LogP contribution in [0.3, 0.4) is 0 Å². The van der Waals surface area contributed by atoms with Gasteiger partial charge in [-0.1, -0.05) is 31.9 Å². The molecule has 1 aromatic carbocycles. The molecule has 192 valence electrons. The van der Waals surface area contributed by atoms with Crippen LogP contribution < -0.4 is 16.0 Å². The summed E-state index contributed by atoms with van der Waals surface area (Å²) in [6.45, 7) is 5.91. The van der Waals surface area contributed by atoms with Gasteiger partial charge in [0.15, 0.2) is 0 Å². The summed E-state index contributed by atoms with van der Waals surface area (Å²) in [6, 6.07) is 6.23. The Morgan fingerprint density at radius 2 is 1.89 bits per heavy atom. The van der Waals surface area contributed by atoms with E-state index in [1.807, 2.05) is 0 Å². The quantitative estimate of drug-likeness (QED) is 0.432. The van der Waals surface area contributed by atoms with Crippen molar-refractivity contribution in [2.24, 2.45) is 5.73 Å². The molecule has 1 aliphatic heterocycles. The predicted octanol–water partition coefficient (Wildman–Crippen LogP) is 3.38. The van der Waals surface area contributed by atoms with Gasteiger partial charge in [0.05, 0.1) is 25.7 Å². The van der Waals surface area contributed by atoms with Crippen molar-refractivity contribution in [3.63, 3.8) is 0 Å². The summed E-state index contributed by atoms with van der Waals surface area (Å²) >= 11 is 0. The number of methoxy groups -OCH3 is 1. The van der Waals surface area contributed by atoms with Crippen LogP contribution in [-0.2, 0) is 17.7 Å². The third-order valence-electron chi connectivity index (χ3n) is 6.71. The summed E-state index contributed by atoms with van der Waals surface area (Å²) in [6.07, 6.45) is 5.34. The van der Waals surface area contributed by atoms with Crippen LogP contribution in [0.25, 0.3) is 22.2 Å². The molecule has 36 heavy (non-hydrogen) atoms. The smallest absolute Gasteiger partial charge is 0.268 e. The van der Waals surface area contributed by atoms with Crippen molar-refractivity contribution in [3.8, 4) is 16.9 Å². The van der Waals surface area contributed by atoms with E-state index in [2.05, 4.69) is 11.8 Å². The van der Waals surface area contributed by atoms with Crippen LogP contribution in [-0.4, -0.2) is 60.3 Å². The first kappa shape index (κ1) is 25.8. The molecule has 0 spiro atoms. The standard InChI is InChI=1S/C27H33FN4O4/c1-3-4-5-6-20-21(18-7-9-19(28)10-8-18)17-30-26-22(20)24(35-2)23(25(29)33)27(34)32(26)12-11-31-13-15-36-16-14-31/h7-10,17H,3-6,11-16H2,1-2H3,(H2,29,33). The number of aryl methyl sites for hydroxylation is 1. The first-order valence-electron chi connectivity index (χ1n) is 12.4. The average molecular weight is 497 g/mol. The molecule has 1 fully saturated rings. The van der Waals surface area contributed by atoms with E-state index in [9.17, 15) is 14.0 Å². The fourth-order valence-electron chi connectivity index (χ4n) is 4.82. The number of fused-ring (bicyclic) bond motifs is 1. The lowest BCUT2D eigenvalue weighted by Crippen LogP contribution is -2.40. The van der Waals surface area contributed by atoms with Crippen LogP contribution in [0, 0.1) is 5.82 Å². The Bertz CT molecular complexity index is 1280. The highest BCUT2D eigenvalue weighted by molar-refractivity contribution is 6.03. The number of morpholine rings is 1. The predicted molar refractivity (Wildman–Crippen MR) is 137 cm³/mol. The van der Waals surface area contributed by atoms with Gasteiger partial charge in [-0.05, 0) is 36.1 Å². The monoisotopic (exact) mass is 496 g/mol. The van der Waals surface area contributed by atoms with E-state index in [1.165, 1.54) is 23.8 Å². The second kappa shape index (κ2) is 11.6. The van der Waals surface area contributed by atoms with Crippen LogP contribution in [0.2, 0.25) is 0 Å². The topological polar surface area (TPSA) is 99.7 Å². The minimum absolute atomic E-state index is 0.146. The number of nitrogens with zero attached hydrogens (tertiary/aromatic N) is 3. The number of hydrogen-bond donors (Lipinski definition) is 1. The van der Waals surface area contributed by atoms with E-state index in [4.69, 9.17) is 20.2 Å². The fourth-order valence-corrected chi connectivity index (χ4v) is 4.82. The van der Waals surface area contributed by atoms with Gasteiger partial charge in [-0.3, -0.25) is 19.1 Å². The Labute approximate surface area is 209 Å². The van der Waals surface area contributed by atoms with E-state index in [1.54, 1.807) is 18.3 Å². The Kier molecular flexibility index (Phi) is 8.32. The van der Waals surface area contributed by atoms with E-state index in [-0.39, 0.29) is 17.1 Å². The van der Waals surface area contributed by atoms with E-state index >= 15 is 0 Å². The van der Waals surface area contributed by atoms with Crippen molar-refractivity contribution < 1.29 is 18.7 Å². The molecule has 1 saturated heterocycles. The molecular formula is C27H33FN4O4. The van der Waals surface area contributed by atoms with Gasteiger partial charge in [-0.15, -0.1) is 0 Å². The summed E-state index contributed by atoms with van der Waals surface area (Å²) in [4.78, 5) is 32.9. The Hall–Kier alpha value is -3.30. The van der Waals surface area contributed by atoms with Crippen molar-refractivity contribution in [2.75, 3.05) is 40.0 Å². The number of primary amides is 1. The highest BCUT2D eigenvalue weighted by atomic mass is 19.1. The molecule has 2 aromatic heterocycles. The molecule has 9 heteroatoms. The van der Waals surface area contributed by atoms with Crippen molar-refractivity contribution in [2.45, 2.75) is 39.2 Å². The zero-order valence-electron chi connectivity index (χ0n) is 20.9. The molecule has 4 rings (SSSR count). The summed E-state index contributed by atoms with van der Waals surface area (Å²) in [5.41, 5.74) is 7.98. The summed E-state index contributed by atoms with van der Waals surface area (Å²) in [5, 5.41) is 0.603. The number of carbonyl (C=O) groups excluding carboxylic acids is 1. The number of ether oxygens (including phenoxy) is 2. The van der Waals surface area contributed by atoms with Crippen LogP contribution >= 0.6 is 0 Å². The maximum absolute atomic E-state index is 13.7. The lowest BCUT2D eigenvalue weighted by atomic mass is 9.93. The van der Waals surface area contributed by atoms with Crippen molar-refractivity contribution in [1.82, 2.24) is 14.5 Å². The first-order chi connectivity index (χ1) is 17.5. The first-order valence-corrected chi connectivity index (χ1v) is 12.4. The summed E-state index contributed by atoms with van der Waals surface area (Å²) in [7, 11) is 1.43. The number of hydrogen-bond acceptors (Lipinski definition) is 6. The summed E-state index contributed by atoms with van der Waals surface area (Å²) < 4.78 is 26.3. The number of nitrogens with two attached hydrogens (primary N) is 1. The highest BCUT2D eigenvalue weighted by Gasteiger charge is 2.26. The molecular weight excluding hydrogens is 463 g/mol. The molecule has 8 nitrogen and oxygen atoms in total. The maximum Gasteiger partial charge on any atom is 0.268 e. The number of pyridine rings is 2. The van der Waals surface area contributed by atoms with Crippen molar-refractivity contribution in [3.05, 3.63) is 57.8 Å². The lowest BCUT2D eigenvalue weighted by Gasteiger charge is -2.27. The zero-order chi connectivity index (χ0) is 25.7. The lowest BCUT2D eigenvalue weighted by molar-refractivity contribution is 0.0364. The number of benzene rings is 1. The van der Waals surface area contributed by atoms with Crippen molar-refractivity contribution >= 4 is 16.9 Å². The fraction of sp³-hybridized carbons (Fsp3) is 0.444. The van der Waals surface area contributed by atoms with Gasteiger partial charge in [0.2, 0.25) is 0 Å². The minimum Gasteiger partial charge on any atom is -0.495 e. The molecule has 3 aromatic rings. The second-order valence-corrected chi connectivity index (χ2v) is 9.00. The van der Waals surface area contributed by atoms with Gasteiger partial charge in [0.1, 0.15) is 22.8 Å². The third-order valence-corrected chi connectivity index (χ3v) is 6.71. The van der Waals surface area contributed by atoms with Crippen LogP contribution in [0.15, 0.2) is 35.3 Å². The van der Waals surface area contributed by atoms with Crippen molar-refractivity contribution in [1.29, 1.82) is 0 Å². The summed E-state index contributed by atoms with van der Waals surface area (Å²) in [5.74, 6) is -1.02. The minimum atomic E-state index is -0.842.